The lowest BCUT2D eigenvalue weighted by molar-refractivity contribution is 0.289. The molecule has 0 spiro atoms. The summed E-state index contributed by atoms with van der Waals surface area (Å²) < 4.78 is 19.0. The van der Waals surface area contributed by atoms with Gasteiger partial charge in [-0.3, -0.25) is 0 Å². The number of benzene rings is 1. The molecule has 0 aliphatic heterocycles. The molecule has 0 radical (unpaired) electrons. The van der Waals surface area contributed by atoms with Gasteiger partial charge in [-0.05, 0) is 30.7 Å². The third-order valence-electron chi connectivity index (χ3n) is 2.26. The van der Waals surface area contributed by atoms with Gasteiger partial charge in [0.15, 0.2) is 11.6 Å². The Morgan fingerprint density at radius 2 is 2.29 bits per heavy atom. The van der Waals surface area contributed by atoms with Crippen LogP contribution in [0.4, 0.5) is 4.39 Å². The van der Waals surface area contributed by atoms with E-state index in [0.29, 0.717) is 19.6 Å². The molecule has 0 unspecified atom stereocenters. The fraction of sp³-hybridized carbons (Fsp3) is 0.250. The molecule has 17 heavy (non-hydrogen) atoms. The molecule has 0 aliphatic carbocycles. The van der Waals surface area contributed by atoms with Crippen molar-refractivity contribution in [3.8, 4) is 5.75 Å². The molecule has 0 amide bonds. The first-order valence-electron chi connectivity index (χ1n) is 5.29. The minimum absolute atomic E-state index is 0.251. The van der Waals surface area contributed by atoms with Crippen LogP contribution in [-0.2, 0) is 13.0 Å². The van der Waals surface area contributed by atoms with Crippen molar-refractivity contribution in [2.24, 2.45) is 5.73 Å². The van der Waals surface area contributed by atoms with Gasteiger partial charge in [0, 0.05) is 11.6 Å². The van der Waals surface area contributed by atoms with Gasteiger partial charge in [-0.1, -0.05) is 6.07 Å². The van der Waals surface area contributed by atoms with Gasteiger partial charge in [-0.25, -0.2) is 9.37 Å². The first-order valence-corrected chi connectivity index (χ1v) is 6.17. The molecule has 1 aromatic carbocycles. The van der Waals surface area contributed by atoms with Crippen LogP contribution in [0.2, 0.25) is 0 Å². The lowest BCUT2D eigenvalue weighted by Crippen LogP contribution is -2.03. The number of nitrogens with zero attached hydrogens (tertiary/aromatic N) is 1. The van der Waals surface area contributed by atoms with Crippen molar-refractivity contribution in [2.45, 2.75) is 13.0 Å². The van der Waals surface area contributed by atoms with Gasteiger partial charge in [0.2, 0.25) is 0 Å². The molecule has 90 valence electrons. The predicted molar refractivity (Wildman–Crippen MR) is 65.6 cm³/mol. The summed E-state index contributed by atoms with van der Waals surface area (Å²) in [6.45, 7) is 0.809. The van der Waals surface area contributed by atoms with E-state index >= 15 is 0 Å². The average molecular weight is 252 g/mol. The van der Waals surface area contributed by atoms with Crippen LogP contribution in [0.3, 0.4) is 0 Å². The molecule has 3 nitrogen and oxygen atoms in total. The molecular weight excluding hydrogens is 239 g/mol. The van der Waals surface area contributed by atoms with Crippen LogP contribution in [-0.4, -0.2) is 11.5 Å². The Labute approximate surface area is 103 Å². The van der Waals surface area contributed by atoms with Gasteiger partial charge in [0.05, 0.1) is 0 Å². The van der Waals surface area contributed by atoms with Crippen LogP contribution < -0.4 is 10.5 Å². The SMILES string of the molecule is NCCc1ccc(OCc2nccs2)c(F)c1. The fourth-order valence-corrected chi connectivity index (χ4v) is 1.97. The number of thiazole rings is 1. The molecule has 1 heterocycles. The summed E-state index contributed by atoms with van der Waals surface area (Å²) in [5.41, 5.74) is 6.29. The Morgan fingerprint density at radius 1 is 1.41 bits per heavy atom. The second kappa shape index (κ2) is 5.75. The average Bonchev–Trinajstić information content (AvgIpc) is 2.81. The van der Waals surface area contributed by atoms with Crippen molar-refractivity contribution in [3.05, 3.63) is 46.2 Å². The van der Waals surface area contributed by atoms with Gasteiger partial charge in [-0.15, -0.1) is 11.3 Å². The van der Waals surface area contributed by atoms with Gasteiger partial charge in [-0.2, -0.15) is 0 Å². The number of aromatic nitrogens is 1. The molecule has 0 atom stereocenters. The first kappa shape index (κ1) is 12.0. The summed E-state index contributed by atoms with van der Waals surface area (Å²) in [6.07, 6.45) is 2.37. The normalized spacial score (nSPS) is 10.5. The highest BCUT2D eigenvalue weighted by molar-refractivity contribution is 7.09. The summed E-state index contributed by atoms with van der Waals surface area (Å²) in [4.78, 5) is 4.06. The maximum Gasteiger partial charge on any atom is 0.165 e. The highest BCUT2D eigenvalue weighted by Crippen LogP contribution is 2.20. The molecule has 0 aliphatic rings. The Bertz CT molecular complexity index is 473. The van der Waals surface area contributed by atoms with E-state index in [1.807, 2.05) is 11.4 Å². The van der Waals surface area contributed by atoms with Gasteiger partial charge in [0.25, 0.3) is 0 Å². The lowest BCUT2D eigenvalue weighted by Gasteiger charge is -2.07. The fourth-order valence-electron chi connectivity index (χ4n) is 1.45. The van der Waals surface area contributed by atoms with E-state index in [2.05, 4.69) is 4.98 Å². The Hall–Kier alpha value is -1.46. The highest BCUT2D eigenvalue weighted by atomic mass is 32.1. The van der Waals surface area contributed by atoms with Crippen molar-refractivity contribution in [3.63, 3.8) is 0 Å². The van der Waals surface area contributed by atoms with Crippen LogP contribution in [0.5, 0.6) is 5.75 Å². The lowest BCUT2D eigenvalue weighted by atomic mass is 10.1. The van der Waals surface area contributed by atoms with E-state index in [1.165, 1.54) is 17.4 Å². The van der Waals surface area contributed by atoms with Crippen LogP contribution in [0, 0.1) is 5.82 Å². The number of halogens is 1. The molecular formula is C12H13FN2OS. The molecule has 0 saturated heterocycles. The van der Waals surface area contributed by atoms with E-state index in [1.54, 1.807) is 12.3 Å². The van der Waals surface area contributed by atoms with Crippen molar-refractivity contribution < 1.29 is 9.13 Å². The van der Waals surface area contributed by atoms with E-state index in [9.17, 15) is 4.39 Å². The molecule has 2 rings (SSSR count). The number of hydrogen-bond acceptors (Lipinski definition) is 4. The Balaban J connectivity index is 2.01. The third kappa shape index (κ3) is 3.25. The topological polar surface area (TPSA) is 48.1 Å². The van der Waals surface area contributed by atoms with Gasteiger partial charge >= 0.3 is 0 Å². The quantitative estimate of drug-likeness (QED) is 0.888. The number of hydrogen-bond donors (Lipinski definition) is 1. The smallest absolute Gasteiger partial charge is 0.165 e. The van der Waals surface area contributed by atoms with Crippen molar-refractivity contribution in [1.29, 1.82) is 0 Å². The zero-order chi connectivity index (χ0) is 12.1. The molecule has 0 fully saturated rings. The molecule has 0 saturated carbocycles. The van der Waals surface area contributed by atoms with E-state index < -0.39 is 0 Å². The van der Waals surface area contributed by atoms with Crippen LogP contribution in [0.25, 0.3) is 0 Å². The second-order valence-corrected chi connectivity index (χ2v) is 4.50. The first-order chi connectivity index (χ1) is 8.29. The molecule has 1 aromatic heterocycles. The van der Waals surface area contributed by atoms with Crippen LogP contribution in [0.1, 0.15) is 10.6 Å². The van der Waals surface area contributed by atoms with E-state index in [-0.39, 0.29) is 11.6 Å². The Kier molecular flexibility index (Phi) is 4.06. The highest BCUT2D eigenvalue weighted by Gasteiger charge is 2.05. The van der Waals surface area contributed by atoms with E-state index in [4.69, 9.17) is 10.5 Å². The Morgan fingerprint density at radius 3 is 2.94 bits per heavy atom. The summed E-state index contributed by atoms with van der Waals surface area (Å²) >= 11 is 1.48. The third-order valence-corrected chi connectivity index (χ3v) is 3.02. The molecule has 2 aromatic rings. The number of rotatable bonds is 5. The van der Waals surface area contributed by atoms with Crippen molar-refractivity contribution in [1.82, 2.24) is 4.98 Å². The van der Waals surface area contributed by atoms with Gasteiger partial charge < -0.3 is 10.5 Å². The molecule has 5 heteroatoms. The monoisotopic (exact) mass is 252 g/mol. The maximum atomic E-state index is 13.6. The minimum atomic E-state index is -0.354. The largest absolute Gasteiger partial charge is 0.483 e. The summed E-state index contributed by atoms with van der Waals surface area (Å²) in [7, 11) is 0. The molecule has 0 bridgehead atoms. The summed E-state index contributed by atoms with van der Waals surface area (Å²) in [5, 5.41) is 2.69. The number of nitrogens with two attached hydrogens (primary N) is 1. The maximum absolute atomic E-state index is 13.6. The van der Waals surface area contributed by atoms with E-state index in [0.717, 1.165) is 10.6 Å². The minimum Gasteiger partial charge on any atom is -0.483 e. The summed E-state index contributed by atoms with van der Waals surface area (Å²) in [6, 6.07) is 4.92. The van der Waals surface area contributed by atoms with Crippen LogP contribution in [0.15, 0.2) is 29.8 Å². The van der Waals surface area contributed by atoms with Crippen molar-refractivity contribution >= 4 is 11.3 Å². The van der Waals surface area contributed by atoms with Crippen molar-refractivity contribution in [2.75, 3.05) is 6.54 Å². The zero-order valence-corrected chi connectivity index (χ0v) is 10.0. The number of ether oxygens (including phenoxy) is 1. The van der Waals surface area contributed by atoms with Gasteiger partial charge in [0.1, 0.15) is 11.6 Å². The standard InChI is InChI=1S/C12H13FN2OS/c13-10-7-9(3-4-14)1-2-11(10)16-8-12-15-5-6-17-12/h1-2,5-7H,3-4,8,14H2. The summed E-state index contributed by atoms with van der Waals surface area (Å²) in [5.74, 6) is -0.103. The zero-order valence-electron chi connectivity index (χ0n) is 9.23. The van der Waals surface area contributed by atoms with Crippen LogP contribution >= 0.6 is 11.3 Å². The molecule has 2 N–H and O–H groups in total. The predicted octanol–water partition coefficient (Wildman–Crippen LogP) is 2.36. The second-order valence-electron chi connectivity index (χ2n) is 3.52.